The quantitative estimate of drug-likeness (QED) is 0.113. The Morgan fingerprint density at radius 2 is 0.282 bits per heavy atom. The molecular formula is C74H52N4. The van der Waals surface area contributed by atoms with E-state index >= 15 is 0 Å². The van der Waals surface area contributed by atoms with E-state index in [0.717, 1.165) is 68.2 Å². The monoisotopic (exact) mass is 996 g/mol. The highest BCUT2D eigenvalue weighted by Crippen LogP contribution is 2.50. The summed E-state index contributed by atoms with van der Waals surface area (Å²) in [5.74, 6) is 0. The van der Waals surface area contributed by atoms with Crippen LogP contribution in [0.5, 0.6) is 0 Å². The molecule has 0 aliphatic heterocycles. The molecule has 0 unspecified atom stereocenters. The first-order chi connectivity index (χ1) is 38.7. The molecule has 0 bridgehead atoms. The molecule has 14 aromatic carbocycles. The Bertz CT molecular complexity index is 3680. The maximum absolute atomic E-state index is 2.42. The first-order valence-electron chi connectivity index (χ1n) is 26.7. The summed E-state index contributed by atoms with van der Waals surface area (Å²) in [4.78, 5) is 9.50. The maximum Gasteiger partial charge on any atom is 0.0468 e. The molecule has 0 saturated carbocycles. The van der Waals surface area contributed by atoms with Crippen LogP contribution in [0.15, 0.2) is 315 Å². The second-order valence-corrected chi connectivity index (χ2v) is 19.7. The van der Waals surface area contributed by atoms with Gasteiger partial charge in [0.1, 0.15) is 0 Å². The highest BCUT2D eigenvalue weighted by atomic mass is 15.2. The number of benzene rings is 14. The van der Waals surface area contributed by atoms with Crippen LogP contribution in [0.3, 0.4) is 0 Å². The zero-order valence-corrected chi connectivity index (χ0v) is 42.8. The van der Waals surface area contributed by atoms with E-state index in [0.29, 0.717) is 0 Å². The van der Waals surface area contributed by atoms with Crippen molar-refractivity contribution < 1.29 is 0 Å². The summed E-state index contributed by atoms with van der Waals surface area (Å²) in [6.45, 7) is 0. The van der Waals surface area contributed by atoms with Crippen molar-refractivity contribution in [3.05, 3.63) is 315 Å². The molecule has 0 N–H and O–H groups in total. The Morgan fingerprint density at radius 1 is 0.128 bits per heavy atom. The zero-order valence-electron chi connectivity index (χ0n) is 42.8. The minimum Gasteiger partial charge on any atom is -0.310 e. The van der Waals surface area contributed by atoms with Crippen LogP contribution < -0.4 is 19.6 Å². The van der Waals surface area contributed by atoms with E-state index in [2.05, 4.69) is 335 Å². The first-order valence-corrected chi connectivity index (χ1v) is 26.7. The van der Waals surface area contributed by atoms with E-state index in [4.69, 9.17) is 0 Å². The standard InChI is InChI=1S/C74H52N4/c1-9-25-53(26-10-1)75(54-27-11-2-12-28-54)61-41-45-65-69(49-61)70-50-62(76(55-29-13-3-14-30-55)56-31-15-4-16-32-56)42-46-66(70)74-68-48-44-64(78(59-37-21-7-22-38-59)60-39-23-8-24-40-60)52-72(68)71-51-63(43-47-67(71)73(65)74)77(57-33-17-5-18-34-57)58-35-19-6-20-36-58/h1-52H. The van der Waals surface area contributed by atoms with Gasteiger partial charge < -0.3 is 19.6 Å². The van der Waals surface area contributed by atoms with E-state index < -0.39 is 0 Å². The fourth-order valence-electron chi connectivity index (χ4n) is 11.7. The molecular weight excluding hydrogens is 945 g/mol. The normalized spacial score (nSPS) is 11.3. The van der Waals surface area contributed by atoms with Gasteiger partial charge in [0.25, 0.3) is 0 Å². The Labute approximate surface area is 454 Å². The van der Waals surface area contributed by atoms with Gasteiger partial charge in [-0.3, -0.25) is 0 Å². The fraction of sp³-hybridized carbons (Fsp3) is 0. The summed E-state index contributed by atoms with van der Waals surface area (Å²) in [6, 6.07) is 114. The molecule has 4 nitrogen and oxygen atoms in total. The number of hydrogen-bond acceptors (Lipinski definition) is 4. The largest absolute Gasteiger partial charge is 0.310 e. The van der Waals surface area contributed by atoms with Gasteiger partial charge in [-0.05, 0) is 199 Å². The lowest BCUT2D eigenvalue weighted by atomic mass is 9.86. The third kappa shape index (κ3) is 8.30. The van der Waals surface area contributed by atoms with Gasteiger partial charge in [-0.15, -0.1) is 0 Å². The summed E-state index contributed by atoms with van der Waals surface area (Å²) in [5.41, 5.74) is 13.0. The zero-order chi connectivity index (χ0) is 51.8. The van der Waals surface area contributed by atoms with E-state index in [1.165, 1.54) is 53.9 Å². The molecule has 0 saturated heterocycles. The minimum absolute atomic E-state index is 1.08. The number of anilines is 12. The second-order valence-electron chi connectivity index (χ2n) is 19.7. The van der Waals surface area contributed by atoms with Crippen LogP contribution in [0.2, 0.25) is 0 Å². The van der Waals surface area contributed by atoms with Crippen molar-refractivity contribution >= 4 is 122 Å². The second kappa shape index (κ2) is 20.0. The van der Waals surface area contributed by atoms with Crippen molar-refractivity contribution in [3.8, 4) is 0 Å². The van der Waals surface area contributed by atoms with Crippen LogP contribution in [0.25, 0.3) is 53.9 Å². The number of hydrogen-bond donors (Lipinski definition) is 0. The molecule has 14 rings (SSSR count). The van der Waals surface area contributed by atoms with Gasteiger partial charge in [-0.2, -0.15) is 0 Å². The molecule has 0 atom stereocenters. The highest BCUT2D eigenvalue weighted by molar-refractivity contribution is 6.40. The van der Waals surface area contributed by atoms with E-state index in [1.54, 1.807) is 0 Å². The molecule has 4 heteroatoms. The van der Waals surface area contributed by atoms with Crippen molar-refractivity contribution in [3.63, 3.8) is 0 Å². The summed E-state index contributed by atoms with van der Waals surface area (Å²) < 4.78 is 0. The van der Waals surface area contributed by atoms with Gasteiger partial charge in [0.05, 0.1) is 0 Å². The molecule has 0 heterocycles. The van der Waals surface area contributed by atoms with Crippen LogP contribution in [-0.2, 0) is 0 Å². The third-order valence-electron chi connectivity index (χ3n) is 15.1. The summed E-state index contributed by atoms with van der Waals surface area (Å²) >= 11 is 0. The smallest absolute Gasteiger partial charge is 0.0468 e. The van der Waals surface area contributed by atoms with E-state index in [1.807, 2.05) is 0 Å². The lowest BCUT2D eigenvalue weighted by molar-refractivity contribution is 1.29. The molecule has 78 heavy (non-hydrogen) atoms. The molecule has 0 aliphatic rings. The molecule has 0 amide bonds. The predicted octanol–water partition coefficient (Wildman–Crippen LogP) is 21.3. The molecule has 0 aliphatic carbocycles. The van der Waals surface area contributed by atoms with Gasteiger partial charge in [-0.1, -0.05) is 170 Å². The Hall–Kier alpha value is -10.4. The van der Waals surface area contributed by atoms with Gasteiger partial charge in [0, 0.05) is 68.2 Å². The van der Waals surface area contributed by atoms with Gasteiger partial charge in [0.15, 0.2) is 0 Å². The van der Waals surface area contributed by atoms with Crippen molar-refractivity contribution in [2.75, 3.05) is 19.6 Å². The molecule has 368 valence electrons. The molecule has 0 aromatic heterocycles. The van der Waals surface area contributed by atoms with Crippen molar-refractivity contribution in [2.45, 2.75) is 0 Å². The van der Waals surface area contributed by atoms with Crippen molar-refractivity contribution in [1.29, 1.82) is 0 Å². The number of nitrogens with zero attached hydrogens (tertiary/aromatic N) is 4. The minimum atomic E-state index is 1.08. The molecule has 0 fully saturated rings. The van der Waals surface area contributed by atoms with Crippen LogP contribution >= 0.6 is 0 Å². The van der Waals surface area contributed by atoms with Gasteiger partial charge >= 0.3 is 0 Å². The van der Waals surface area contributed by atoms with E-state index in [9.17, 15) is 0 Å². The SMILES string of the molecule is c1ccc(N(c2ccccc2)c2ccc3c(c2)c2cc(N(c4ccccc4)c4ccccc4)ccc2c2c4ccc(N(c5ccccc5)c5ccccc5)cc4c4cc(N(c5ccccc5)c5ccccc5)ccc4c32)cc1. The van der Waals surface area contributed by atoms with Gasteiger partial charge in [0.2, 0.25) is 0 Å². The average Bonchev–Trinajstić information content (AvgIpc) is 3.61. The molecule has 0 spiro atoms. The molecule has 14 aromatic rings. The van der Waals surface area contributed by atoms with E-state index in [-0.39, 0.29) is 0 Å². The lowest BCUT2D eigenvalue weighted by Crippen LogP contribution is -2.10. The predicted molar refractivity (Wildman–Crippen MR) is 333 cm³/mol. The molecule has 0 radical (unpaired) electrons. The van der Waals surface area contributed by atoms with Crippen LogP contribution in [0.4, 0.5) is 68.2 Å². The summed E-state index contributed by atoms with van der Waals surface area (Å²) in [5, 5.41) is 11.9. The highest BCUT2D eigenvalue weighted by Gasteiger charge is 2.24. The number of rotatable bonds is 12. The topological polar surface area (TPSA) is 13.0 Å². The van der Waals surface area contributed by atoms with Crippen molar-refractivity contribution in [2.24, 2.45) is 0 Å². The Morgan fingerprint density at radius 3 is 0.436 bits per heavy atom. The van der Waals surface area contributed by atoms with Gasteiger partial charge in [-0.25, -0.2) is 0 Å². The number of fused-ring (bicyclic) bond motifs is 11. The maximum atomic E-state index is 2.42. The fourth-order valence-corrected chi connectivity index (χ4v) is 11.7. The Kier molecular flexibility index (Phi) is 11.8. The first kappa shape index (κ1) is 46.1. The van der Waals surface area contributed by atoms with Crippen LogP contribution in [0, 0.1) is 0 Å². The summed E-state index contributed by atoms with van der Waals surface area (Å²) in [7, 11) is 0. The Balaban J connectivity index is 1.12. The lowest BCUT2D eigenvalue weighted by Gasteiger charge is -2.28. The average molecular weight is 997 g/mol. The van der Waals surface area contributed by atoms with Crippen LogP contribution in [-0.4, -0.2) is 0 Å². The number of para-hydroxylation sites is 8. The summed E-state index contributed by atoms with van der Waals surface area (Å²) in [6.07, 6.45) is 0. The van der Waals surface area contributed by atoms with Crippen LogP contribution in [0.1, 0.15) is 0 Å². The third-order valence-corrected chi connectivity index (χ3v) is 15.1. The van der Waals surface area contributed by atoms with Crippen molar-refractivity contribution in [1.82, 2.24) is 0 Å².